The number of pyridine rings is 1. The summed E-state index contributed by atoms with van der Waals surface area (Å²) in [4.78, 5) is 29.9. The van der Waals surface area contributed by atoms with Gasteiger partial charge in [0.1, 0.15) is 0 Å². The third-order valence-corrected chi connectivity index (χ3v) is 3.89. The largest absolute Gasteiger partial charge is 0.353 e. The molecule has 0 spiro atoms. The van der Waals surface area contributed by atoms with Gasteiger partial charge in [-0.05, 0) is 11.6 Å². The number of aldehydes is 1. The number of H-pyrrole nitrogens is 2. The van der Waals surface area contributed by atoms with Crippen molar-refractivity contribution in [2.75, 3.05) is 0 Å². The number of carbonyl (C=O) groups excluding carboxylic acids is 1. The Bertz CT molecular complexity index is 1060. The standard InChI is InChI=1S/C18H12N2O2/c21-10-13-15(11-6-2-1-3-7-11)17-16(20-18(13)22)12-8-4-5-9-14(12)19-17/h1-10,19H,(H,20,22). The van der Waals surface area contributed by atoms with Crippen molar-refractivity contribution in [2.24, 2.45) is 0 Å². The topological polar surface area (TPSA) is 65.7 Å². The van der Waals surface area contributed by atoms with Crippen LogP contribution in [0.3, 0.4) is 0 Å². The number of benzene rings is 2. The number of nitrogens with one attached hydrogen (secondary N) is 2. The molecule has 0 atom stereocenters. The normalized spacial score (nSPS) is 11.1. The van der Waals surface area contributed by atoms with Crippen molar-refractivity contribution in [1.29, 1.82) is 0 Å². The first-order chi connectivity index (χ1) is 10.8. The molecule has 0 aliphatic heterocycles. The molecule has 0 saturated heterocycles. The Balaban J connectivity index is 2.25. The molecule has 2 N–H and O–H groups in total. The highest BCUT2D eigenvalue weighted by Crippen LogP contribution is 2.32. The Morgan fingerprint density at radius 2 is 1.55 bits per heavy atom. The number of hydrogen-bond acceptors (Lipinski definition) is 2. The van der Waals surface area contributed by atoms with Crippen molar-refractivity contribution in [2.45, 2.75) is 0 Å². The average Bonchev–Trinajstić information content (AvgIpc) is 2.92. The van der Waals surface area contributed by atoms with E-state index in [0.717, 1.165) is 27.5 Å². The van der Waals surface area contributed by atoms with Crippen molar-refractivity contribution < 1.29 is 4.79 Å². The Hall–Kier alpha value is -3.14. The van der Waals surface area contributed by atoms with Gasteiger partial charge in [0.15, 0.2) is 6.29 Å². The highest BCUT2D eigenvalue weighted by molar-refractivity contribution is 6.12. The fourth-order valence-electron chi connectivity index (χ4n) is 2.91. The predicted molar refractivity (Wildman–Crippen MR) is 87.2 cm³/mol. The summed E-state index contributed by atoms with van der Waals surface area (Å²) in [7, 11) is 0. The van der Waals surface area contributed by atoms with E-state index in [2.05, 4.69) is 9.97 Å². The molecule has 4 aromatic rings. The maximum absolute atomic E-state index is 12.3. The lowest BCUT2D eigenvalue weighted by molar-refractivity contribution is 0.112. The van der Waals surface area contributed by atoms with Crippen LogP contribution in [-0.2, 0) is 0 Å². The molecular weight excluding hydrogens is 276 g/mol. The van der Waals surface area contributed by atoms with Crippen molar-refractivity contribution in [3.05, 3.63) is 70.5 Å². The minimum Gasteiger partial charge on any atom is -0.353 e. The van der Waals surface area contributed by atoms with Crippen molar-refractivity contribution in [1.82, 2.24) is 9.97 Å². The van der Waals surface area contributed by atoms with E-state index in [1.165, 1.54) is 0 Å². The maximum Gasteiger partial charge on any atom is 0.259 e. The summed E-state index contributed by atoms with van der Waals surface area (Å²) in [5.74, 6) is 0. The summed E-state index contributed by atoms with van der Waals surface area (Å²) in [5, 5.41) is 0.934. The first kappa shape index (κ1) is 12.6. The SMILES string of the molecule is O=Cc1c(-c2ccccc2)c2[nH]c3ccccc3c2[nH]c1=O. The molecule has 2 aromatic heterocycles. The zero-order valence-corrected chi connectivity index (χ0v) is 11.6. The Labute approximate surface area is 125 Å². The minimum atomic E-state index is -0.369. The molecule has 4 rings (SSSR count). The van der Waals surface area contributed by atoms with Crippen LogP contribution in [0.15, 0.2) is 59.4 Å². The van der Waals surface area contributed by atoms with E-state index < -0.39 is 0 Å². The number of fused-ring (bicyclic) bond motifs is 3. The van der Waals surface area contributed by atoms with Crippen LogP contribution in [0.5, 0.6) is 0 Å². The zero-order valence-electron chi connectivity index (χ0n) is 11.6. The molecule has 0 amide bonds. The molecule has 4 heteroatoms. The molecule has 0 unspecified atom stereocenters. The lowest BCUT2D eigenvalue weighted by Gasteiger charge is -2.06. The van der Waals surface area contributed by atoms with Crippen LogP contribution in [0.25, 0.3) is 33.1 Å². The summed E-state index contributed by atoms with van der Waals surface area (Å²) >= 11 is 0. The zero-order chi connectivity index (χ0) is 15.1. The van der Waals surface area contributed by atoms with E-state index in [1.54, 1.807) is 0 Å². The second-order valence-electron chi connectivity index (χ2n) is 5.15. The van der Waals surface area contributed by atoms with Gasteiger partial charge in [0.05, 0.1) is 16.6 Å². The Morgan fingerprint density at radius 1 is 0.818 bits per heavy atom. The Morgan fingerprint density at radius 3 is 2.32 bits per heavy atom. The first-order valence-corrected chi connectivity index (χ1v) is 6.97. The molecule has 0 aliphatic rings. The smallest absolute Gasteiger partial charge is 0.259 e. The lowest BCUT2D eigenvalue weighted by Crippen LogP contribution is -2.13. The number of hydrogen-bond donors (Lipinski definition) is 2. The highest BCUT2D eigenvalue weighted by Gasteiger charge is 2.17. The number of para-hydroxylation sites is 1. The van der Waals surface area contributed by atoms with E-state index in [4.69, 9.17) is 0 Å². The molecule has 0 saturated carbocycles. The molecule has 106 valence electrons. The third-order valence-electron chi connectivity index (χ3n) is 3.89. The van der Waals surface area contributed by atoms with Gasteiger partial charge in [-0.3, -0.25) is 9.59 Å². The third kappa shape index (κ3) is 1.71. The van der Waals surface area contributed by atoms with E-state index in [0.29, 0.717) is 11.8 Å². The average molecular weight is 288 g/mol. The summed E-state index contributed by atoms with van der Waals surface area (Å²) in [6, 6.07) is 17.2. The number of rotatable bonds is 2. The van der Waals surface area contributed by atoms with Gasteiger partial charge in [0, 0.05) is 16.5 Å². The molecule has 0 fully saturated rings. The van der Waals surface area contributed by atoms with Gasteiger partial charge in [0.25, 0.3) is 5.56 Å². The van der Waals surface area contributed by atoms with Crippen LogP contribution in [0.4, 0.5) is 0 Å². The fourth-order valence-corrected chi connectivity index (χ4v) is 2.91. The Kier molecular flexibility index (Phi) is 2.69. The molecule has 4 nitrogen and oxygen atoms in total. The number of aromatic amines is 2. The second-order valence-corrected chi connectivity index (χ2v) is 5.15. The molecular formula is C18H12N2O2. The van der Waals surface area contributed by atoms with Crippen LogP contribution in [-0.4, -0.2) is 16.3 Å². The summed E-state index contributed by atoms with van der Waals surface area (Å²) in [6.07, 6.45) is 0.617. The molecule has 0 radical (unpaired) electrons. The number of aromatic nitrogens is 2. The molecule has 2 aromatic carbocycles. The van der Waals surface area contributed by atoms with Crippen molar-refractivity contribution in [3.63, 3.8) is 0 Å². The van der Waals surface area contributed by atoms with Crippen molar-refractivity contribution >= 4 is 28.2 Å². The van der Waals surface area contributed by atoms with Gasteiger partial charge < -0.3 is 9.97 Å². The predicted octanol–water partition coefficient (Wildman–Crippen LogP) is 3.49. The molecule has 0 bridgehead atoms. The van der Waals surface area contributed by atoms with Crippen LogP contribution in [0.2, 0.25) is 0 Å². The summed E-state index contributed by atoms with van der Waals surface area (Å²) < 4.78 is 0. The monoisotopic (exact) mass is 288 g/mol. The van der Waals surface area contributed by atoms with Gasteiger partial charge in [-0.15, -0.1) is 0 Å². The van der Waals surface area contributed by atoms with Crippen LogP contribution in [0, 0.1) is 0 Å². The van der Waals surface area contributed by atoms with Gasteiger partial charge in [-0.1, -0.05) is 48.5 Å². The molecule has 2 heterocycles. The van der Waals surface area contributed by atoms with Crippen LogP contribution in [0.1, 0.15) is 10.4 Å². The van der Waals surface area contributed by atoms with E-state index in [1.807, 2.05) is 54.6 Å². The van der Waals surface area contributed by atoms with Gasteiger partial charge >= 0.3 is 0 Å². The second kappa shape index (κ2) is 4.70. The first-order valence-electron chi connectivity index (χ1n) is 6.97. The number of carbonyl (C=O) groups is 1. The fraction of sp³-hybridized carbons (Fsp3) is 0. The van der Waals surface area contributed by atoms with Gasteiger partial charge in [0.2, 0.25) is 0 Å². The minimum absolute atomic E-state index is 0.144. The summed E-state index contributed by atoms with van der Waals surface area (Å²) in [5.41, 5.74) is 3.68. The van der Waals surface area contributed by atoms with Gasteiger partial charge in [-0.2, -0.15) is 0 Å². The van der Waals surface area contributed by atoms with Crippen molar-refractivity contribution in [3.8, 4) is 11.1 Å². The maximum atomic E-state index is 12.3. The van der Waals surface area contributed by atoms with E-state index >= 15 is 0 Å². The van der Waals surface area contributed by atoms with Crippen LogP contribution >= 0.6 is 0 Å². The van der Waals surface area contributed by atoms with Crippen LogP contribution < -0.4 is 5.56 Å². The summed E-state index contributed by atoms with van der Waals surface area (Å²) in [6.45, 7) is 0. The highest BCUT2D eigenvalue weighted by atomic mass is 16.1. The molecule has 22 heavy (non-hydrogen) atoms. The van der Waals surface area contributed by atoms with E-state index in [-0.39, 0.29) is 11.1 Å². The van der Waals surface area contributed by atoms with E-state index in [9.17, 15) is 9.59 Å². The molecule has 0 aliphatic carbocycles. The lowest BCUT2D eigenvalue weighted by atomic mass is 10.00. The quantitative estimate of drug-likeness (QED) is 0.554. The van der Waals surface area contributed by atoms with Gasteiger partial charge in [-0.25, -0.2) is 0 Å².